The van der Waals surface area contributed by atoms with Crippen molar-refractivity contribution in [2.45, 2.75) is 25.0 Å². The third-order valence-corrected chi connectivity index (χ3v) is 7.31. The zero-order valence-electron chi connectivity index (χ0n) is 23.0. The van der Waals surface area contributed by atoms with Gasteiger partial charge in [-0.2, -0.15) is 0 Å². The van der Waals surface area contributed by atoms with Gasteiger partial charge >= 0.3 is 0 Å². The van der Waals surface area contributed by atoms with E-state index >= 15 is 0 Å². The number of ether oxygens (including phenoxy) is 2. The van der Waals surface area contributed by atoms with Gasteiger partial charge in [0.2, 0.25) is 0 Å². The molecule has 0 aromatic heterocycles. The minimum atomic E-state index is -0.744. The van der Waals surface area contributed by atoms with E-state index in [2.05, 4.69) is 17.0 Å². The van der Waals surface area contributed by atoms with E-state index in [1.54, 1.807) is 24.3 Å². The Labute approximate surface area is 252 Å². The Morgan fingerprint density at radius 1 is 0.610 bits per heavy atom. The molecule has 2 N–H and O–H groups in total. The van der Waals surface area contributed by atoms with Crippen LogP contribution in [0.5, 0.6) is 5.75 Å². The van der Waals surface area contributed by atoms with Crippen molar-refractivity contribution in [1.82, 2.24) is 4.90 Å². The minimum absolute atomic E-state index is 0.351. The molecule has 0 aliphatic heterocycles. The summed E-state index contributed by atoms with van der Waals surface area (Å²) in [5.74, 6) is 0.796. The summed E-state index contributed by atoms with van der Waals surface area (Å²) < 4.78 is 11.5. The summed E-state index contributed by atoms with van der Waals surface area (Å²) in [6.45, 7) is 3.04. The molecule has 0 saturated carbocycles. The lowest BCUT2D eigenvalue weighted by atomic mass is 10.1. The van der Waals surface area contributed by atoms with Gasteiger partial charge < -0.3 is 19.7 Å². The number of benzene rings is 4. The molecule has 41 heavy (non-hydrogen) atoms. The van der Waals surface area contributed by atoms with E-state index in [0.29, 0.717) is 49.5 Å². The van der Waals surface area contributed by atoms with Gasteiger partial charge in [-0.1, -0.05) is 89.9 Å². The molecule has 0 amide bonds. The Bertz CT molecular complexity index is 1270. The summed E-state index contributed by atoms with van der Waals surface area (Å²) in [7, 11) is 0. The third-order valence-electron chi connectivity index (χ3n) is 6.84. The van der Waals surface area contributed by atoms with Crippen LogP contribution in [0.3, 0.4) is 0 Å². The molecule has 2 atom stereocenters. The van der Waals surface area contributed by atoms with Crippen LogP contribution in [0, 0.1) is 0 Å². The Hall–Kier alpha value is -2.90. The topological polar surface area (TPSA) is 62.2 Å². The van der Waals surface area contributed by atoms with Gasteiger partial charge in [0.15, 0.2) is 0 Å². The molecular formula is C34H37Cl2NO4. The maximum atomic E-state index is 10.9. The number of hydrogen-bond donors (Lipinski definition) is 2. The molecule has 216 valence electrons. The van der Waals surface area contributed by atoms with Crippen LogP contribution < -0.4 is 4.74 Å². The quantitative estimate of drug-likeness (QED) is 0.138. The summed E-state index contributed by atoms with van der Waals surface area (Å²) >= 11 is 12.3. The lowest BCUT2D eigenvalue weighted by Gasteiger charge is -2.28. The largest absolute Gasteiger partial charge is 0.491 e. The third kappa shape index (κ3) is 10.8. The van der Waals surface area contributed by atoms with Gasteiger partial charge in [0, 0.05) is 29.7 Å². The highest BCUT2D eigenvalue weighted by molar-refractivity contribution is 6.30. The van der Waals surface area contributed by atoms with Crippen molar-refractivity contribution < 1.29 is 19.7 Å². The molecule has 0 aliphatic carbocycles. The van der Waals surface area contributed by atoms with Gasteiger partial charge in [-0.15, -0.1) is 0 Å². The summed E-state index contributed by atoms with van der Waals surface area (Å²) in [5.41, 5.74) is 3.88. The molecule has 0 saturated heterocycles. The normalized spacial score (nSPS) is 12.8. The van der Waals surface area contributed by atoms with Gasteiger partial charge in [-0.05, 0) is 71.5 Å². The highest BCUT2D eigenvalue weighted by Gasteiger charge is 2.19. The molecule has 5 nitrogen and oxygen atoms in total. The number of rotatable bonds is 16. The molecule has 4 aromatic rings. The molecule has 0 spiro atoms. The highest BCUT2D eigenvalue weighted by atomic mass is 35.5. The van der Waals surface area contributed by atoms with Crippen LogP contribution in [0.2, 0.25) is 10.0 Å². The fraction of sp³-hybridized carbons (Fsp3) is 0.294. The van der Waals surface area contributed by atoms with E-state index in [0.717, 1.165) is 35.3 Å². The first-order chi connectivity index (χ1) is 20.0. The van der Waals surface area contributed by atoms with Gasteiger partial charge in [0.1, 0.15) is 12.4 Å². The maximum Gasteiger partial charge on any atom is 0.119 e. The maximum absolute atomic E-state index is 10.9. The molecule has 7 heteroatoms. The monoisotopic (exact) mass is 593 g/mol. The van der Waals surface area contributed by atoms with Crippen LogP contribution >= 0.6 is 23.2 Å². The number of hydrogen-bond acceptors (Lipinski definition) is 5. The number of nitrogens with zero attached hydrogens (tertiary/aromatic N) is 1. The standard InChI is InChI=1S/C34H37Cl2NO4/c35-30-10-4-8-28(22-30)33(38)24-37(25-34(39)29-9-5-11-31(36)23-29)18-16-27-12-14-32(15-13-27)41-21-20-40-19-17-26-6-2-1-3-7-26/h1-15,22-23,33-34,38-39H,16-21,24-25H2/t33-,34-/m0/s1. The number of halogens is 2. The fourth-order valence-electron chi connectivity index (χ4n) is 4.58. The van der Waals surface area contributed by atoms with Crippen LogP contribution in [0.15, 0.2) is 103 Å². The van der Waals surface area contributed by atoms with Crippen molar-refractivity contribution in [2.24, 2.45) is 0 Å². The van der Waals surface area contributed by atoms with Crippen LogP contribution in [0.4, 0.5) is 0 Å². The summed E-state index contributed by atoms with van der Waals surface area (Å²) in [4.78, 5) is 2.06. The van der Waals surface area contributed by atoms with Gasteiger partial charge in [0.05, 0.1) is 25.4 Å². The minimum Gasteiger partial charge on any atom is -0.491 e. The second-order valence-electron chi connectivity index (χ2n) is 9.99. The van der Waals surface area contributed by atoms with E-state index in [4.69, 9.17) is 32.7 Å². The summed E-state index contributed by atoms with van der Waals surface area (Å²) in [6, 6.07) is 32.8. The van der Waals surface area contributed by atoms with Gasteiger partial charge in [0.25, 0.3) is 0 Å². The van der Waals surface area contributed by atoms with Crippen LogP contribution in [0.25, 0.3) is 0 Å². The highest BCUT2D eigenvalue weighted by Crippen LogP contribution is 2.23. The van der Waals surface area contributed by atoms with Crippen molar-refractivity contribution in [1.29, 1.82) is 0 Å². The Morgan fingerprint density at radius 3 is 1.78 bits per heavy atom. The predicted octanol–water partition coefficient (Wildman–Crippen LogP) is 6.94. The molecule has 0 fully saturated rings. The Kier molecular flexibility index (Phi) is 12.5. The van der Waals surface area contributed by atoms with Crippen molar-refractivity contribution >= 4 is 23.2 Å². The number of aliphatic hydroxyl groups excluding tert-OH is 2. The van der Waals surface area contributed by atoms with Crippen molar-refractivity contribution in [3.8, 4) is 5.75 Å². The number of aliphatic hydroxyl groups is 2. The van der Waals surface area contributed by atoms with E-state index in [1.165, 1.54) is 5.56 Å². The molecule has 4 rings (SSSR count). The summed E-state index contributed by atoms with van der Waals surface area (Å²) in [6.07, 6.45) is 0.142. The van der Waals surface area contributed by atoms with Crippen LogP contribution in [-0.4, -0.2) is 54.6 Å². The Morgan fingerprint density at radius 2 is 1.20 bits per heavy atom. The molecule has 0 radical (unpaired) electrons. The smallest absolute Gasteiger partial charge is 0.119 e. The van der Waals surface area contributed by atoms with E-state index in [1.807, 2.05) is 66.7 Å². The summed E-state index contributed by atoms with van der Waals surface area (Å²) in [5, 5.41) is 23.0. The zero-order valence-corrected chi connectivity index (χ0v) is 24.6. The lowest BCUT2D eigenvalue weighted by Crippen LogP contribution is -2.34. The molecule has 4 aromatic carbocycles. The molecular weight excluding hydrogens is 557 g/mol. The second kappa shape index (κ2) is 16.5. The van der Waals surface area contributed by atoms with Crippen molar-refractivity contribution in [3.05, 3.63) is 135 Å². The average molecular weight is 595 g/mol. The van der Waals surface area contributed by atoms with E-state index in [9.17, 15) is 10.2 Å². The molecule has 0 aliphatic rings. The van der Waals surface area contributed by atoms with Crippen molar-refractivity contribution in [3.63, 3.8) is 0 Å². The van der Waals surface area contributed by atoms with Crippen molar-refractivity contribution in [2.75, 3.05) is 39.5 Å². The Balaban J connectivity index is 1.27. The SMILES string of the molecule is O[C@@H](CN(CCc1ccc(OCCOCCc2ccccc2)cc1)C[C@H](O)c1cccc(Cl)c1)c1cccc(Cl)c1. The van der Waals surface area contributed by atoms with Crippen LogP contribution in [0.1, 0.15) is 34.5 Å². The zero-order chi connectivity index (χ0) is 28.9. The molecule has 0 unspecified atom stereocenters. The fourth-order valence-corrected chi connectivity index (χ4v) is 4.98. The average Bonchev–Trinajstić information content (AvgIpc) is 2.98. The van der Waals surface area contributed by atoms with Gasteiger partial charge in [-0.3, -0.25) is 4.90 Å². The lowest BCUT2D eigenvalue weighted by molar-refractivity contribution is 0.0694. The predicted molar refractivity (Wildman–Crippen MR) is 166 cm³/mol. The molecule has 0 heterocycles. The second-order valence-corrected chi connectivity index (χ2v) is 10.9. The molecule has 0 bridgehead atoms. The van der Waals surface area contributed by atoms with E-state index in [-0.39, 0.29) is 0 Å². The van der Waals surface area contributed by atoms with Crippen LogP contribution in [-0.2, 0) is 17.6 Å². The first-order valence-corrected chi connectivity index (χ1v) is 14.6. The first-order valence-electron chi connectivity index (χ1n) is 13.9. The van der Waals surface area contributed by atoms with E-state index < -0.39 is 12.2 Å². The van der Waals surface area contributed by atoms with Gasteiger partial charge in [-0.25, -0.2) is 0 Å². The first kappa shape index (κ1) is 31.0.